The number of carboxylic acids is 1. The Balaban J connectivity index is 0.000000448. The summed E-state index contributed by atoms with van der Waals surface area (Å²) < 4.78 is 31.7. The van der Waals surface area contributed by atoms with Crippen molar-refractivity contribution >= 4 is 50.6 Å². The van der Waals surface area contributed by atoms with Gasteiger partial charge in [-0.2, -0.15) is 18.3 Å². The summed E-state index contributed by atoms with van der Waals surface area (Å²) in [5, 5.41) is 31.2. The van der Waals surface area contributed by atoms with Gasteiger partial charge in [0.25, 0.3) is 5.91 Å². The number of carbonyl (C=O) groups excluding carboxylic acids is 1. The van der Waals surface area contributed by atoms with Gasteiger partial charge < -0.3 is 21.5 Å². The second kappa shape index (κ2) is 11.7. The first kappa shape index (κ1) is 27.2. The number of amides is 1. The van der Waals surface area contributed by atoms with Crippen molar-refractivity contribution in [3.63, 3.8) is 0 Å². The van der Waals surface area contributed by atoms with Crippen LogP contribution < -0.4 is 16.4 Å². The van der Waals surface area contributed by atoms with E-state index >= 15 is 0 Å². The van der Waals surface area contributed by atoms with Crippen LogP contribution in [0, 0.1) is 0 Å². The van der Waals surface area contributed by atoms with Gasteiger partial charge in [-0.3, -0.25) is 14.9 Å². The van der Waals surface area contributed by atoms with Crippen LogP contribution in [0.2, 0.25) is 0 Å². The summed E-state index contributed by atoms with van der Waals surface area (Å²) in [5.41, 5.74) is 10.3. The molecule has 5 aromatic rings. The Bertz CT molecular complexity index is 1620. The SMILES string of the molecule is NCc1cncc(C(=O)Nc2cccc(-c3nnc(Nc4ccc5[nH]ncc5c4)s3)c2)c1.O=C(O)C(F)(F)F. The molecule has 1 amide bonds. The van der Waals surface area contributed by atoms with E-state index in [4.69, 9.17) is 15.6 Å². The van der Waals surface area contributed by atoms with Crippen molar-refractivity contribution in [2.75, 3.05) is 10.6 Å². The molecular weight excluding hydrogens is 537 g/mol. The Labute approximate surface area is 221 Å². The predicted octanol–water partition coefficient (Wildman–Crippen LogP) is 4.56. The minimum atomic E-state index is -5.08. The van der Waals surface area contributed by atoms with Gasteiger partial charge in [0.05, 0.1) is 17.3 Å². The van der Waals surface area contributed by atoms with E-state index in [1.54, 1.807) is 18.5 Å². The number of aromatic nitrogens is 5. The summed E-state index contributed by atoms with van der Waals surface area (Å²) in [4.78, 5) is 25.5. The van der Waals surface area contributed by atoms with Crippen molar-refractivity contribution in [3.05, 3.63) is 78.2 Å². The van der Waals surface area contributed by atoms with E-state index < -0.39 is 12.1 Å². The standard InChI is InChI=1S/C22H18N8OS.C2HF3O2/c23-9-13-6-16(11-24-10-13)20(31)26-17-3-1-2-14(7-17)21-29-30-22(32-21)27-18-4-5-19-15(8-18)12-25-28-19;3-2(4,5)1(6)7/h1-8,10-12H,9,23H2,(H,25,28)(H,26,31)(H,27,30);(H,6,7). The predicted molar refractivity (Wildman–Crippen MR) is 138 cm³/mol. The van der Waals surface area contributed by atoms with Gasteiger partial charge in [0, 0.05) is 41.3 Å². The molecule has 0 radical (unpaired) electrons. The van der Waals surface area contributed by atoms with Crippen molar-refractivity contribution in [1.29, 1.82) is 0 Å². The number of hydrogen-bond acceptors (Lipinski definition) is 9. The van der Waals surface area contributed by atoms with Gasteiger partial charge in [0.15, 0.2) is 0 Å². The zero-order chi connectivity index (χ0) is 28.0. The number of carboxylic acid groups (broad SMARTS) is 1. The Morgan fingerprint density at radius 1 is 1.03 bits per heavy atom. The molecule has 200 valence electrons. The molecule has 3 heterocycles. The van der Waals surface area contributed by atoms with E-state index in [1.165, 1.54) is 17.5 Å². The highest BCUT2D eigenvalue weighted by Crippen LogP contribution is 2.30. The second-order valence-electron chi connectivity index (χ2n) is 7.83. The highest BCUT2D eigenvalue weighted by Gasteiger charge is 2.38. The maximum atomic E-state index is 12.6. The highest BCUT2D eigenvalue weighted by atomic mass is 32.1. The maximum Gasteiger partial charge on any atom is 0.490 e. The third-order valence-electron chi connectivity index (χ3n) is 5.02. The molecule has 0 bridgehead atoms. The van der Waals surface area contributed by atoms with Crippen LogP contribution in [0.3, 0.4) is 0 Å². The largest absolute Gasteiger partial charge is 0.490 e. The summed E-state index contributed by atoms with van der Waals surface area (Å²) in [5.74, 6) is -3.01. The minimum absolute atomic E-state index is 0.251. The number of nitrogens with one attached hydrogen (secondary N) is 3. The van der Waals surface area contributed by atoms with Crippen molar-refractivity contribution < 1.29 is 27.9 Å². The lowest BCUT2D eigenvalue weighted by Crippen LogP contribution is -2.21. The quantitative estimate of drug-likeness (QED) is 0.201. The van der Waals surface area contributed by atoms with E-state index in [1.807, 2.05) is 42.5 Å². The summed E-state index contributed by atoms with van der Waals surface area (Å²) in [6, 6.07) is 15.1. The van der Waals surface area contributed by atoms with E-state index in [0.717, 1.165) is 32.7 Å². The van der Waals surface area contributed by atoms with Crippen LogP contribution in [-0.2, 0) is 11.3 Å². The van der Waals surface area contributed by atoms with E-state index in [0.29, 0.717) is 22.9 Å². The van der Waals surface area contributed by atoms with Gasteiger partial charge >= 0.3 is 12.1 Å². The number of nitrogens with two attached hydrogens (primary N) is 1. The lowest BCUT2D eigenvalue weighted by atomic mass is 10.1. The number of hydrogen-bond donors (Lipinski definition) is 5. The van der Waals surface area contributed by atoms with Crippen LogP contribution in [0.4, 0.5) is 29.7 Å². The fourth-order valence-electron chi connectivity index (χ4n) is 3.19. The normalized spacial score (nSPS) is 11.0. The Hall–Kier alpha value is -4.89. The summed E-state index contributed by atoms with van der Waals surface area (Å²) in [6.45, 7) is 0.326. The molecule has 0 atom stereocenters. The molecule has 0 saturated carbocycles. The van der Waals surface area contributed by atoms with Gasteiger partial charge in [-0.05, 0) is 42.0 Å². The number of nitrogens with zero attached hydrogens (tertiary/aromatic N) is 4. The molecule has 5 rings (SSSR count). The number of aromatic amines is 1. The van der Waals surface area contributed by atoms with Gasteiger partial charge in [0.2, 0.25) is 5.13 Å². The zero-order valence-electron chi connectivity index (χ0n) is 19.7. The molecule has 0 unspecified atom stereocenters. The molecule has 0 aliphatic rings. The lowest BCUT2D eigenvalue weighted by molar-refractivity contribution is -0.192. The zero-order valence-corrected chi connectivity index (χ0v) is 20.5. The Kier molecular flexibility index (Phi) is 8.12. The van der Waals surface area contributed by atoms with E-state index in [-0.39, 0.29) is 5.91 Å². The van der Waals surface area contributed by atoms with Crippen LogP contribution in [0.15, 0.2) is 67.1 Å². The number of halogens is 3. The van der Waals surface area contributed by atoms with E-state index in [9.17, 15) is 18.0 Å². The van der Waals surface area contributed by atoms with Crippen LogP contribution in [0.25, 0.3) is 21.5 Å². The Morgan fingerprint density at radius 2 is 1.82 bits per heavy atom. The Morgan fingerprint density at radius 3 is 2.56 bits per heavy atom. The summed E-state index contributed by atoms with van der Waals surface area (Å²) in [6.07, 6.45) is -0.151. The first-order valence-corrected chi connectivity index (χ1v) is 11.8. The molecule has 6 N–H and O–H groups in total. The van der Waals surface area contributed by atoms with Crippen LogP contribution in [-0.4, -0.2) is 48.5 Å². The number of alkyl halides is 3. The van der Waals surface area contributed by atoms with Gasteiger partial charge in [-0.1, -0.05) is 23.5 Å². The minimum Gasteiger partial charge on any atom is -0.475 e. The molecule has 3 aromatic heterocycles. The number of fused-ring (bicyclic) bond motifs is 1. The number of benzene rings is 2. The van der Waals surface area contributed by atoms with Crippen molar-refractivity contribution in [2.45, 2.75) is 12.7 Å². The molecule has 0 fully saturated rings. The summed E-state index contributed by atoms with van der Waals surface area (Å²) >= 11 is 1.42. The fraction of sp³-hybridized carbons (Fsp3) is 0.0833. The molecule has 39 heavy (non-hydrogen) atoms. The molecule has 2 aromatic carbocycles. The lowest BCUT2D eigenvalue weighted by Gasteiger charge is -2.07. The van der Waals surface area contributed by atoms with Gasteiger partial charge in [0.1, 0.15) is 5.01 Å². The van der Waals surface area contributed by atoms with Crippen molar-refractivity contribution in [1.82, 2.24) is 25.4 Å². The smallest absolute Gasteiger partial charge is 0.475 e. The number of rotatable bonds is 6. The average Bonchev–Trinajstić information content (AvgIpc) is 3.58. The third kappa shape index (κ3) is 7.12. The number of H-pyrrole nitrogens is 1. The molecule has 0 aliphatic carbocycles. The van der Waals surface area contributed by atoms with Crippen LogP contribution in [0.1, 0.15) is 15.9 Å². The topological polar surface area (TPSA) is 172 Å². The fourth-order valence-corrected chi connectivity index (χ4v) is 3.95. The second-order valence-corrected chi connectivity index (χ2v) is 8.81. The van der Waals surface area contributed by atoms with Crippen LogP contribution >= 0.6 is 11.3 Å². The highest BCUT2D eigenvalue weighted by molar-refractivity contribution is 7.18. The van der Waals surface area contributed by atoms with Gasteiger partial charge in [-0.15, -0.1) is 10.2 Å². The number of anilines is 3. The number of pyridine rings is 1. The number of carbonyl (C=O) groups is 2. The first-order chi connectivity index (χ1) is 18.6. The maximum absolute atomic E-state index is 12.6. The molecule has 0 spiro atoms. The monoisotopic (exact) mass is 556 g/mol. The molecule has 11 nitrogen and oxygen atoms in total. The van der Waals surface area contributed by atoms with Crippen LogP contribution in [0.5, 0.6) is 0 Å². The molecule has 15 heteroatoms. The van der Waals surface area contributed by atoms with Crippen molar-refractivity contribution in [3.8, 4) is 10.6 Å². The third-order valence-corrected chi connectivity index (χ3v) is 5.91. The molecule has 0 aliphatic heterocycles. The first-order valence-electron chi connectivity index (χ1n) is 11.0. The summed E-state index contributed by atoms with van der Waals surface area (Å²) in [7, 11) is 0. The van der Waals surface area contributed by atoms with Gasteiger partial charge in [-0.25, -0.2) is 4.79 Å². The molecular formula is C24H19F3N8O3S. The van der Waals surface area contributed by atoms with E-state index in [2.05, 4.69) is 36.0 Å². The van der Waals surface area contributed by atoms with Crippen molar-refractivity contribution in [2.24, 2.45) is 5.73 Å². The average molecular weight is 557 g/mol. The molecule has 0 saturated heterocycles. The number of aliphatic carboxylic acids is 1.